The predicted molar refractivity (Wildman–Crippen MR) is 85.9 cm³/mol. The summed E-state index contributed by atoms with van der Waals surface area (Å²) < 4.78 is 23.0. The quantitative estimate of drug-likeness (QED) is 0.926. The first-order valence-electron chi connectivity index (χ1n) is 7.58. The van der Waals surface area contributed by atoms with Gasteiger partial charge in [0.15, 0.2) is 9.84 Å². The molecule has 0 aliphatic carbocycles. The molecular weight excluding hydrogens is 284 g/mol. The van der Waals surface area contributed by atoms with Crippen LogP contribution in [-0.4, -0.2) is 38.7 Å². The van der Waals surface area contributed by atoms with Gasteiger partial charge in [0, 0.05) is 24.9 Å². The van der Waals surface area contributed by atoms with E-state index in [9.17, 15) is 8.42 Å². The standard InChI is InChI=1S/C16H26N2O2S/c1-12(17)15-5-4-10-18(11-15)13(2)14-6-8-16(9-7-14)21(3,19)20/h6-9,12-13,15H,4-5,10-11,17H2,1-3H3. The summed E-state index contributed by atoms with van der Waals surface area (Å²) in [6.45, 7) is 6.36. The normalized spacial score (nSPS) is 23.7. The van der Waals surface area contributed by atoms with Gasteiger partial charge in [0.25, 0.3) is 0 Å². The number of likely N-dealkylation sites (tertiary alicyclic amines) is 1. The Kier molecular flexibility index (Phi) is 5.07. The Morgan fingerprint density at radius 3 is 2.38 bits per heavy atom. The molecule has 4 nitrogen and oxygen atoms in total. The Morgan fingerprint density at radius 2 is 1.86 bits per heavy atom. The number of sulfone groups is 1. The minimum atomic E-state index is -3.12. The summed E-state index contributed by atoms with van der Waals surface area (Å²) in [4.78, 5) is 2.83. The van der Waals surface area contributed by atoms with Crippen molar-refractivity contribution < 1.29 is 8.42 Å². The van der Waals surface area contributed by atoms with Crippen LogP contribution in [0, 0.1) is 5.92 Å². The lowest BCUT2D eigenvalue weighted by Crippen LogP contribution is -2.43. The van der Waals surface area contributed by atoms with Crippen molar-refractivity contribution in [3.8, 4) is 0 Å². The topological polar surface area (TPSA) is 63.4 Å². The molecule has 3 unspecified atom stereocenters. The van der Waals surface area contributed by atoms with E-state index >= 15 is 0 Å². The van der Waals surface area contributed by atoms with Gasteiger partial charge >= 0.3 is 0 Å². The summed E-state index contributed by atoms with van der Waals surface area (Å²) in [5, 5.41) is 0. The van der Waals surface area contributed by atoms with E-state index in [1.54, 1.807) is 12.1 Å². The van der Waals surface area contributed by atoms with Gasteiger partial charge in [0.1, 0.15) is 0 Å². The summed E-state index contributed by atoms with van der Waals surface area (Å²) >= 11 is 0. The van der Waals surface area contributed by atoms with Crippen LogP contribution in [0.15, 0.2) is 29.2 Å². The first-order valence-corrected chi connectivity index (χ1v) is 9.48. The van der Waals surface area contributed by atoms with Crippen molar-refractivity contribution >= 4 is 9.84 Å². The first-order chi connectivity index (χ1) is 9.79. The molecule has 0 saturated carbocycles. The van der Waals surface area contributed by atoms with Crippen LogP contribution < -0.4 is 5.73 Å². The first kappa shape index (κ1) is 16.5. The van der Waals surface area contributed by atoms with Crippen LogP contribution >= 0.6 is 0 Å². The van der Waals surface area contributed by atoms with Crippen molar-refractivity contribution in [3.05, 3.63) is 29.8 Å². The Hall–Kier alpha value is -0.910. The molecule has 2 rings (SSSR count). The number of piperidine rings is 1. The minimum absolute atomic E-state index is 0.229. The third kappa shape index (κ3) is 4.05. The number of benzene rings is 1. The fourth-order valence-corrected chi connectivity index (χ4v) is 3.66. The van der Waals surface area contributed by atoms with E-state index in [1.165, 1.54) is 19.1 Å². The third-order valence-electron chi connectivity index (χ3n) is 4.57. The highest BCUT2D eigenvalue weighted by atomic mass is 32.2. The molecule has 0 bridgehead atoms. The average Bonchev–Trinajstić information content (AvgIpc) is 2.46. The van der Waals surface area contributed by atoms with Crippen LogP contribution in [0.1, 0.15) is 38.3 Å². The van der Waals surface area contributed by atoms with Gasteiger partial charge in [-0.05, 0) is 56.8 Å². The van der Waals surface area contributed by atoms with E-state index in [0.29, 0.717) is 16.9 Å². The molecule has 0 aromatic heterocycles. The second-order valence-electron chi connectivity index (χ2n) is 6.27. The van der Waals surface area contributed by atoms with Crippen molar-refractivity contribution in [2.75, 3.05) is 19.3 Å². The molecule has 0 amide bonds. The van der Waals surface area contributed by atoms with Crippen LogP contribution in [-0.2, 0) is 9.84 Å². The van der Waals surface area contributed by atoms with Crippen molar-refractivity contribution in [2.45, 2.75) is 43.7 Å². The molecule has 1 heterocycles. The molecule has 0 radical (unpaired) electrons. The highest BCUT2D eigenvalue weighted by molar-refractivity contribution is 7.90. The largest absolute Gasteiger partial charge is 0.328 e. The molecule has 2 N–H and O–H groups in total. The van der Waals surface area contributed by atoms with Crippen LogP contribution in [0.3, 0.4) is 0 Å². The SMILES string of the molecule is CC(N)C1CCCN(C(C)c2ccc(S(C)(=O)=O)cc2)C1. The predicted octanol–water partition coefficient (Wildman–Crippen LogP) is 2.21. The molecule has 1 fully saturated rings. The van der Waals surface area contributed by atoms with E-state index in [0.717, 1.165) is 18.7 Å². The second-order valence-corrected chi connectivity index (χ2v) is 8.29. The maximum absolute atomic E-state index is 11.5. The van der Waals surface area contributed by atoms with Gasteiger partial charge in [0.2, 0.25) is 0 Å². The Bertz CT molecular complexity index is 566. The van der Waals surface area contributed by atoms with Crippen molar-refractivity contribution in [1.82, 2.24) is 4.90 Å². The van der Waals surface area contributed by atoms with Gasteiger partial charge in [-0.1, -0.05) is 12.1 Å². The Morgan fingerprint density at radius 1 is 1.24 bits per heavy atom. The van der Waals surface area contributed by atoms with Crippen LogP contribution in [0.4, 0.5) is 0 Å². The van der Waals surface area contributed by atoms with E-state index in [4.69, 9.17) is 5.73 Å². The van der Waals surface area contributed by atoms with Gasteiger partial charge in [-0.3, -0.25) is 4.90 Å². The zero-order valence-corrected chi connectivity index (χ0v) is 13.9. The average molecular weight is 310 g/mol. The smallest absolute Gasteiger partial charge is 0.175 e. The lowest BCUT2D eigenvalue weighted by Gasteiger charge is -2.38. The zero-order chi connectivity index (χ0) is 15.6. The maximum atomic E-state index is 11.5. The number of hydrogen-bond donors (Lipinski definition) is 1. The molecule has 5 heteroatoms. The van der Waals surface area contributed by atoms with Crippen LogP contribution in [0.5, 0.6) is 0 Å². The highest BCUT2D eigenvalue weighted by Crippen LogP contribution is 2.28. The lowest BCUT2D eigenvalue weighted by molar-refractivity contribution is 0.121. The molecular formula is C16H26N2O2S. The van der Waals surface area contributed by atoms with Gasteiger partial charge in [-0.15, -0.1) is 0 Å². The van der Waals surface area contributed by atoms with Crippen LogP contribution in [0.25, 0.3) is 0 Å². The fourth-order valence-electron chi connectivity index (χ4n) is 3.03. The molecule has 1 aliphatic rings. The summed E-state index contributed by atoms with van der Waals surface area (Å²) in [6.07, 6.45) is 3.62. The number of nitrogens with two attached hydrogens (primary N) is 1. The van der Waals surface area contributed by atoms with Gasteiger partial charge in [-0.25, -0.2) is 8.42 Å². The molecule has 3 atom stereocenters. The van der Waals surface area contributed by atoms with E-state index in [1.807, 2.05) is 12.1 Å². The third-order valence-corrected chi connectivity index (χ3v) is 5.70. The van der Waals surface area contributed by atoms with Crippen molar-refractivity contribution in [1.29, 1.82) is 0 Å². The number of hydrogen-bond acceptors (Lipinski definition) is 4. The fraction of sp³-hybridized carbons (Fsp3) is 0.625. The Balaban J connectivity index is 2.11. The molecule has 21 heavy (non-hydrogen) atoms. The lowest BCUT2D eigenvalue weighted by atomic mass is 9.90. The Labute approximate surface area is 128 Å². The number of nitrogens with zero attached hydrogens (tertiary/aromatic N) is 1. The maximum Gasteiger partial charge on any atom is 0.175 e. The number of rotatable bonds is 4. The van der Waals surface area contributed by atoms with E-state index in [2.05, 4.69) is 18.7 Å². The molecule has 1 aliphatic heterocycles. The van der Waals surface area contributed by atoms with E-state index in [-0.39, 0.29) is 6.04 Å². The summed E-state index contributed by atoms with van der Waals surface area (Å²) in [6, 6.07) is 7.78. The minimum Gasteiger partial charge on any atom is -0.328 e. The molecule has 1 aromatic rings. The highest BCUT2D eigenvalue weighted by Gasteiger charge is 2.26. The molecule has 0 spiro atoms. The van der Waals surface area contributed by atoms with Gasteiger partial charge in [0.05, 0.1) is 4.90 Å². The molecule has 1 saturated heterocycles. The van der Waals surface area contributed by atoms with Crippen LogP contribution in [0.2, 0.25) is 0 Å². The van der Waals surface area contributed by atoms with E-state index < -0.39 is 9.84 Å². The van der Waals surface area contributed by atoms with Crippen molar-refractivity contribution in [3.63, 3.8) is 0 Å². The summed E-state index contributed by atoms with van der Waals surface area (Å²) in [7, 11) is -3.12. The molecule has 118 valence electrons. The monoisotopic (exact) mass is 310 g/mol. The van der Waals surface area contributed by atoms with Gasteiger partial charge < -0.3 is 5.73 Å². The zero-order valence-electron chi connectivity index (χ0n) is 13.1. The summed E-state index contributed by atoms with van der Waals surface area (Å²) in [5.74, 6) is 0.552. The van der Waals surface area contributed by atoms with Crippen molar-refractivity contribution in [2.24, 2.45) is 11.7 Å². The molecule has 1 aromatic carbocycles. The second kappa shape index (κ2) is 6.46. The van der Waals surface area contributed by atoms with Gasteiger partial charge in [-0.2, -0.15) is 0 Å². The summed E-state index contributed by atoms with van der Waals surface area (Å²) in [5.41, 5.74) is 7.20.